The minimum atomic E-state index is 0.540. The van der Waals surface area contributed by atoms with Gasteiger partial charge in [-0.1, -0.05) is 25.4 Å². The maximum atomic E-state index is 6.07. The monoisotopic (exact) mass is 255 g/mol. The molecular weight excluding hydrogens is 234 g/mol. The van der Waals surface area contributed by atoms with Gasteiger partial charge >= 0.3 is 0 Å². The van der Waals surface area contributed by atoms with E-state index in [0.717, 1.165) is 35.7 Å². The van der Waals surface area contributed by atoms with Gasteiger partial charge in [0.05, 0.1) is 7.11 Å². The molecule has 17 heavy (non-hydrogen) atoms. The van der Waals surface area contributed by atoms with Gasteiger partial charge in [-0.05, 0) is 49.6 Å². The number of ether oxygens (including phenoxy) is 1. The number of rotatable bonds is 6. The Hall–Kier alpha value is -0.730. The smallest absolute Gasteiger partial charge is 0.125 e. The van der Waals surface area contributed by atoms with Crippen molar-refractivity contribution < 1.29 is 4.74 Å². The topological polar surface area (TPSA) is 21.3 Å². The lowest BCUT2D eigenvalue weighted by molar-refractivity contribution is 0.405. The highest BCUT2D eigenvalue weighted by molar-refractivity contribution is 6.30. The Bertz CT molecular complexity index is 363. The predicted octanol–water partition coefficient (Wildman–Crippen LogP) is 3.59. The summed E-state index contributed by atoms with van der Waals surface area (Å²) in [5.41, 5.74) is 2.30. The first-order valence-electron chi connectivity index (χ1n) is 6.11. The van der Waals surface area contributed by atoms with Gasteiger partial charge in [0.1, 0.15) is 5.75 Å². The number of methoxy groups -OCH3 is 1. The molecule has 0 saturated carbocycles. The average Bonchev–Trinajstić information content (AvgIpc) is 2.23. The summed E-state index contributed by atoms with van der Waals surface area (Å²) in [5.74, 6) is 0.971. The van der Waals surface area contributed by atoms with E-state index >= 15 is 0 Å². The molecule has 96 valence electrons. The van der Waals surface area contributed by atoms with Crippen LogP contribution in [0.2, 0.25) is 5.02 Å². The third kappa shape index (κ3) is 4.57. The van der Waals surface area contributed by atoms with Crippen LogP contribution in [0, 0.1) is 6.92 Å². The number of hydrogen-bond acceptors (Lipinski definition) is 2. The van der Waals surface area contributed by atoms with Crippen LogP contribution in [-0.2, 0) is 6.42 Å². The molecule has 2 nitrogen and oxygen atoms in total. The summed E-state index contributed by atoms with van der Waals surface area (Å²) in [6.07, 6.45) is 2.08. The fraction of sp³-hybridized carbons (Fsp3) is 0.571. The molecule has 0 aliphatic rings. The number of nitrogens with one attached hydrogen (secondary N) is 1. The molecule has 0 aromatic heterocycles. The van der Waals surface area contributed by atoms with Gasteiger partial charge in [0.15, 0.2) is 0 Å². The second-order valence-electron chi connectivity index (χ2n) is 4.63. The average molecular weight is 256 g/mol. The molecule has 0 unspecified atom stereocenters. The van der Waals surface area contributed by atoms with E-state index in [4.69, 9.17) is 16.3 Å². The van der Waals surface area contributed by atoms with Crippen molar-refractivity contribution in [3.05, 3.63) is 28.3 Å². The largest absolute Gasteiger partial charge is 0.496 e. The van der Waals surface area contributed by atoms with Crippen molar-refractivity contribution in [2.24, 2.45) is 0 Å². The normalized spacial score (nSPS) is 10.9. The molecule has 1 aromatic rings. The highest BCUT2D eigenvalue weighted by Crippen LogP contribution is 2.28. The molecule has 1 rings (SSSR count). The summed E-state index contributed by atoms with van der Waals surface area (Å²) in [5, 5.41) is 4.20. The van der Waals surface area contributed by atoms with Gasteiger partial charge in [0.2, 0.25) is 0 Å². The van der Waals surface area contributed by atoms with Crippen molar-refractivity contribution >= 4 is 11.6 Å². The first kappa shape index (κ1) is 14.3. The molecule has 1 aromatic carbocycles. The SMILES string of the molecule is COc1c(C)cc(Cl)cc1CCCNC(C)C. The van der Waals surface area contributed by atoms with E-state index in [1.54, 1.807) is 7.11 Å². The summed E-state index contributed by atoms with van der Waals surface area (Å²) in [7, 11) is 1.71. The molecule has 0 atom stereocenters. The number of aryl methyl sites for hydroxylation is 2. The van der Waals surface area contributed by atoms with Crippen molar-refractivity contribution in [2.75, 3.05) is 13.7 Å². The lowest BCUT2D eigenvalue weighted by atomic mass is 10.0. The maximum absolute atomic E-state index is 6.07. The number of halogens is 1. The second-order valence-corrected chi connectivity index (χ2v) is 5.06. The van der Waals surface area contributed by atoms with Gasteiger partial charge in [-0.2, -0.15) is 0 Å². The molecule has 0 bridgehead atoms. The van der Waals surface area contributed by atoms with Crippen LogP contribution in [0.15, 0.2) is 12.1 Å². The summed E-state index contributed by atoms with van der Waals surface area (Å²) < 4.78 is 5.43. The minimum Gasteiger partial charge on any atom is -0.496 e. The van der Waals surface area contributed by atoms with Crippen LogP contribution in [-0.4, -0.2) is 19.7 Å². The summed E-state index contributed by atoms with van der Waals surface area (Å²) in [6, 6.07) is 4.48. The van der Waals surface area contributed by atoms with Crippen LogP contribution < -0.4 is 10.1 Å². The van der Waals surface area contributed by atoms with Crippen LogP contribution in [0.25, 0.3) is 0 Å². The van der Waals surface area contributed by atoms with Crippen LogP contribution in [0.3, 0.4) is 0 Å². The van der Waals surface area contributed by atoms with Gasteiger partial charge in [-0.3, -0.25) is 0 Å². The Labute approximate surface area is 109 Å². The zero-order valence-electron chi connectivity index (χ0n) is 11.1. The molecular formula is C14H22ClNO. The molecule has 0 amide bonds. The van der Waals surface area contributed by atoms with Gasteiger partial charge in [-0.25, -0.2) is 0 Å². The van der Waals surface area contributed by atoms with E-state index in [9.17, 15) is 0 Å². The summed E-state index contributed by atoms with van der Waals surface area (Å²) in [4.78, 5) is 0. The summed E-state index contributed by atoms with van der Waals surface area (Å²) in [6.45, 7) is 7.36. The maximum Gasteiger partial charge on any atom is 0.125 e. The molecule has 0 fully saturated rings. The predicted molar refractivity (Wildman–Crippen MR) is 74.2 cm³/mol. The Kier molecular flexibility index (Phi) is 5.79. The Balaban J connectivity index is 2.63. The molecule has 0 heterocycles. The van der Waals surface area contributed by atoms with Crippen LogP contribution in [0.4, 0.5) is 0 Å². The van der Waals surface area contributed by atoms with E-state index in [-0.39, 0.29) is 0 Å². The van der Waals surface area contributed by atoms with E-state index in [0.29, 0.717) is 6.04 Å². The van der Waals surface area contributed by atoms with E-state index in [1.807, 2.05) is 19.1 Å². The van der Waals surface area contributed by atoms with Crippen LogP contribution in [0.1, 0.15) is 31.4 Å². The highest BCUT2D eigenvalue weighted by atomic mass is 35.5. The first-order valence-corrected chi connectivity index (χ1v) is 6.48. The van der Waals surface area contributed by atoms with Crippen molar-refractivity contribution in [1.29, 1.82) is 0 Å². The van der Waals surface area contributed by atoms with Gasteiger partial charge < -0.3 is 10.1 Å². The van der Waals surface area contributed by atoms with Gasteiger partial charge in [-0.15, -0.1) is 0 Å². The quantitative estimate of drug-likeness (QED) is 0.785. The van der Waals surface area contributed by atoms with Crippen molar-refractivity contribution in [2.45, 2.75) is 39.7 Å². The van der Waals surface area contributed by atoms with Crippen LogP contribution in [0.5, 0.6) is 5.75 Å². The standard InChI is InChI=1S/C14H22ClNO/c1-10(2)16-7-5-6-12-9-13(15)8-11(3)14(12)17-4/h8-10,16H,5-7H2,1-4H3. The molecule has 0 saturated heterocycles. The van der Waals surface area contributed by atoms with E-state index in [2.05, 4.69) is 19.2 Å². The van der Waals surface area contributed by atoms with Crippen LogP contribution >= 0.6 is 11.6 Å². The second kappa shape index (κ2) is 6.87. The van der Waals surface area contributed by atoms with Crippen molar-refractivity contribution in [3.8, 4) is 5.75 Å². The molecule has 0 spiro atoms. The van der Waals surface area contributed by atoms with Gasteiger partial charge in [0.25, 0.3) is 0 Å². The fourth-order valence-electron chi connectivity index (χ4n) is 1.95. The van der Waals surface area contributed by atoms with Crippen molar-refractivity contribution in [3.63, 3.8) is 0 Å². The molecule has 0 aliphatic carbocycles. The molecule has 3 heteroatoms. The minimum absolute atomic E-state index is 0.540. The third-order valence-corrected chi connectivity index (χ3v) is 2.91. The Morgan fingerprint density at radius 2 is 2.06 bits per heavy atom. The molecule has 1 N–H and O–H groups in total. The van der Waals surface area contributed by atoms with E-state index in [1.165, 1.54) is 5.56 Å². The van der Waals surface area contributed by atoms with Crippen molar-refractivity contribution in [1.82, 2.24) is 5.32 Å². The highest BCUT2D eigenvalue weighted by Gasteiger charge is 2.07. The Morgan fingerprint density at radius 1 is 1.35 bits per heavy atom. The summed E-state index contributed by atoms with van der Waals surface area (Å²) >= 11 is 6.07. The number of benzene rings is 1. The van der Waals surface area contributed by atoms with E-state index < -0.39 is 0 Å². The zero-order valence-corrected chi connectivity index (χ0v) is 11.9. The lowest BCUT2D eigenvalue weighted by Gasteiger charge is -2.13. The zero-order chi connectivity index (χ0) is 12.8. The number of hydrogen-bond donors (Lipinski definition) is 1. The molecule has 0 aliphatic heterocycles. The lowest BCUT2D eigenvalue weighted by Crippen LogP contribution is -2.23. The molecule has 0 radical (unpaired) electrons. The Morgan fingerprint density at radius 3 is 2.65 bits per heavy atom. The first-order chi connectivity index (χ1) is 8.04. The fourth-order valence-corrected chi connectivity index (χ4v) is 2.24. The third-order valence-electron chi connectivity index (χ3n) is 2.70. The van der Waals surface area contributed by atoms with Gasteiger partial charge in [0, 0.05) is 11.1 Å².